The van der Waals surface area contributed by atoms with E-state index in [4.69, 9.17) is 9.47 Å². The first kappa shape index (κ1) is 43.3. The second-order valence-electron chi connectivity index (χ2n) is 14.5. The Morgan fingerprint density at radius 2 is 0.767 bits per heavy atom. The Hall–Kier alpha value is -4.84. The van der Waals surface area contributed by atoms with Crippen LogP contribution in [0.5, 0.6) is 0 Å². The summed E-state index contributed by atoms with van der Waals surface area (Å²) in [6.07, 6.45) is 4.26. The largest absolute Gasteiger partial charge is 0.214 e. The second kappa shape index (κ2) is 22.1. The van der Waals surface area contributed by atoms with Crippen molar-refractivity contribution in [3.63, 3.8) is 0 Å². The summed E-state index contributed by atoms with van der Waals surface area (Å²) in [6.45, 7) is 0. The van der Waals surface area contributed by atoms with Gasteiger partial charge in [0, 0.05) is 0 Å². The molecule has 8 aromatic rings. The van der Waals surface area contributed by atoms with Gasteiger partial charge < -0.3 is 0 Å². The molecule has 0 bridgehead atoms. The van der Waals surface area contributed by atoms with E-state index in [9.17, 15) is 0 Å². The molecule has 2 aliphatic rings. The molecule has 10 rings (SSSR count). The zero-order valence-corrected chi connectivity index (χ0v) is 37.5. The molecule has 0 amide bonds. The van der Waals surface area contributed by atoms with E-state index < -0.39 is 21.6 Å². The quantitative estimate of drug-likeness (QED) is 0.0859. The predicted molar refractivity (Wildman–Crippen MR) is 255 cm³/mol. The fraction of sp³-hybridized carbons (Fsp3) is 0.127. The van der Waals surface area contributed by atoms with Crippen LogP contribution in [0.25, 0.3) is 0 Å². The molecule has 0 radical (unpaired) electrons. The minimum Gasteiger partial charge on any atom is -0.214 e. The molecular weight excluding hydrogens is 856 g/mol. The van der Waals surface area contributed by atoms with Crippen LogP contribution < -0.4 is 31.8 Å². The smallest absolute Gasteiger partial charge is 0.0134 e. The molecule has 1 aliphatic heterocycles. The van der Waals surface area contributed by atoms with Gasteiger partial charge in [0.2, 0.25) is 0 Å². The molecule has 1 saturated heterocycles. The van der Waals surface area contributed by atoms with Gasteiger partial charge in [-0.05, 0) is 47.7 Å². The van der Waals surface area contributed by atoms with Crippen molar-refractivity contribution in [2.24, 2.45) is 0 Å². The molecule has 8 aromatic carbocycles. The third-order valence-corrected chi connectivity index (χ3v) is 16.2. The maximum absolute atomic E-state index is 6.04. The van der Waals surface area contributed by atoms with E-state index in [0.29, 0.717) is 0 Å². The van der Waals surface area contributed by atoms with Gasteiger partial charge in [-0.2, -0.15) is 18.2 Å². The van der Waals surface area contributed by atoms with Crippen molar-refractivity contribution in [1.82, 2.24) is 0 Å². The van der Waals surface area contributed by atoms with Crippen molar-refractivity contribution in [2.75, 3.05) is 7.11 Å². The van der Waals surface area contributed by atoms with Crippen LogP contribution in [0.1, 0.15) is 31.2 Å². The van der Waals surface area contributed by atoms with Gasteiger partial charge in [0.15, 0.2) is 0 Å². The Bertz CT molecular complexity index is 2080. The average molecular weight is 907 g/mol. The summed E-state index contributed by atoms with van der Waals surface area (Å²) in [5.74, 6) is -0.436. The SMILES string of the molecule is CO[C@]12CCC[C@@]1(c1ccccc1)C[C](=[Ru+])O2.c1cc[cH-]c1.c1ccc(P(c2ccccc2)c2ccccc2)cc1.c1ccc(P(c2ccccc2)c2ccccc2)cc1. The number of benzene rings is 7. The average Bonchev–Trinajstić information content (AvgIpc) is 4.08. The number of fused-ring (bicyclic) bond motifs is 1. The maximum atomic E-state index is 6.04. The second-order valence-corrected chi connectivity index (χ2v) is 19.9. The van der Waals surface area contributed by atoms with Gasteiger partial charge in [-0.3, -0.25) is 0 Å². The molecule has 0 spiro atoms. The Labute approximate surface area is 369 Å². The van der Waals surface area contributed by atoms with E-state index in [2.05, 4.69) is 230 Å². The maximum Gasteiger partial charge on any atom is -0.0134 e. The van der Waals surface area contributed by atoms with Crippen LogP contribution in [-0.2, 0) is 32.7 Å². The topological polar surface area (TPSA) is 18.5 Å². The van der Waals surface area contributed by atoms with E-state index >= 15 is 0 Å². The van der Waals surface area contributed by atoms with E-state index in [0.717, 1.165) is 23.6 Å². The molecule has 2 fully saturated rings. The van der Waals surface area contributed by atoms with Crippen LogP contribution in [0, 0.1) is 0 Å². The van der Waals surface area contributed by atoms with E-state index in [-0.39, 0.29) is 5.41 Å². The molecule has 1 aliphatic carbocycles. The number of rotatable bonds is 8. The van der Waals surface area contributed by atoms with Crippen molar-refractivity contribution in [3.05, 3.63) is 248 Å². The van der Waals surface area contributed by atoms with Gasteiger partial charge in [0.25, 0.3) is 0 Å². The van der Waals surface area contributed by atoms with E-state index in [1.165, 1.54) is 43.8 Å². The molecule has 0 aromatic heterocycles. The fourth-order valence-electron chi connectivity index (χ4n) is 8.11. The molecule has 5 heteroatoms. The number of methoxy groups -OCH3 is 1. The molecule has 2 atom stereocenters. The zero-order chi connectivity index (χ0) is 41.3. The van der Waals surface area contributed by atoms with Gasteiger partial charge >= 0.3 is 112 Å². The Morgan fingerprint density at radius 1 is 0.450 bits per heavy atom. The summed E-state index contributed by atoms with van der Waals surface area (Å²) in [7, 11) is 0.880. The monoisotopic (exact) mass is 907 g/mol. The predicted octanol–water partition coefficient (Wildman–Crippen LogP) is 10.8. The molecule has 301 valence electrons. The molecule has 1 heterocycles. The standard InChI is InChI=1S/2C18H15P.C14H16O2.C5H5.Ru/c2*1-4-10-16(11-5-1)19(17-12-6-2-7-13-17)18-14-8-3-9-15-18;1-15-14-9-5-8-13(14,10-11-16-14)12-6-3-2-4-7-12;1-2-4-5-3-1;/h2*1-15H;2-4,6-7H,5,8-10H2,1H3;1-5H;/q;;;-1;+1/t;;13-,14-;;/m..0../s1. The van der Waals surface area contributed by atoms with Crippen LogP contribution in [0.2, 0.25) is 0 Å². The van der Waals surface area contributed by atoms with Crippen molar-refractivity contribution in [1.29, 1.82) is 0 Å². The van der Waals surface area contributed by atoms with Crippen LogP contribution in [0.15, 0.2) is 243 Å². The minimum absolute atomic E-state index is 0.0173. The first-order chi connectivity index (χ1) is 29.6. The zero-order valence-electron chi connectivity index (χ0n) is 34.0. The molecule has 0 N–H and O–H groups in total. The summed E-state index contributed by atoms with van der Waals surface area (Å²) in [6, 6.07) is 85.3. The summed E-state index contributed by atoms with van der Waals surface area (Å²) < 4.78 is 12.9. The Morgan fingerprint density at radius 3 is 1.05 bits per heavy atom. The Balaban J connectivity index is 0.000000128. The summed E-state index contributed by atoms with van der Waals surface area (Å²) in [5, 5.41) is 8.39. The summed E-state index contributed by atoms with van der Waals surface area (Å²) in [5.41, 5.74) is 1.36. The van der Waals surface area contributed by atoms with Gasteiger partial charge in [0.05, 0.1) is 0 Å². The summed E-state index contributed by atoms with van der Waals surface area (Å²) >= 11 is 2.61. The molecule has 1 saturated carbocycles. The van der Waals surface area contributed by atoms with Gasteiger partial charge in [-0.1, -0.05) is 182 Å². The van der Waals surface area contributed by atoms with Gasteiger partial charge in [0.1, 0.15) is 0 Å². The first-order valence-corrected chi connectivity index (χ1v) is 24.0. The molecule has 60 heavy (non-hydrogen) atoms. The van der Waals surface area contributed by atoms with Gasteiger partial charge in [-0.25, -0.2) is 12.1 Å². The van der Waals surface area contributed by atoms with Crippen molar-refractivity contribution >= 4 is 52.0 Å². The Kier molecular flexibility index (Phi) is 16.0. The third kappa shape index (κ3) is 10.7. The third-order valence-electron chi connectivity index (χ3n) is 10.8. The van der Waals surface area contributed by atoms with Crippen LogP contribution in [0.3, 0.4) is 0 Å². The van der Waals surface area contributed by atoms with E-state index in [1.54, 1.807) is 7.11 Å². The summed E-state index contributed by atoms with van der Waals surface area (Å²) in [4.78, 5) is 0. The van der Waals surface area contributed by atoms with Crippen molar-refractivity contribution < 1.29 is 27.3 Å². The molecule has 2 nitrogen and oxygen atoms in total. The van der Waals surface area contributed by atoms with Gasteiger partial charge in [-0.15, -0.1) is 0 Å². The van der Waals surface area contributed by atoms with Crippen molar-refractivity contribution in [2.45, 2.75) is 36.9 Å². The number of hydrogen-bond donors (Lipinski definition) is 0. The van der Waals surface area contributed by atoms with E-state index in [1.807, 2.05) is 30.3 Å². The molecule has 0 unspecified atom stereocenters. The minimum atomic E-state index is -0.446. The number of ether oxygens (including phenoxy) is 2. The van der Waals surface area contributed by atoms with Crippen LogP contribution in [-0.4, -0.2) is 17.2 Å². The van der Waals surface area contributed by atoms with Crippen molar-refractivity contribution in [3.8, 4) is 0 Å². The normalized spacial score (nSPS) is 17.6. The van der Waals surface area contributed by atoms with Crippen LogP contribution >= 0.6 is 15.8 Å². The van der Waals surface area contributed by atoms with Crippen LogP contribution in [0.4, 0.5) is 0 Å². The fourth-order valence-corrected chi connectivity index (χ4v) is 13.5. The molecular formula is C55H51O2P2Ru. The first-order valence-electron chi connectivity index (χ1n) is 20.5. The number of hydrogen-bond acceptors (Lipinski definition) is 2.